The lowest BCUT2D eigenvalue weighted by atomic mass is 10.1. The zero-order valence-electron chi connectivity index (χ0n) is 14.5. The van der Waals surface area contributed by atoms with Gasteiger partial charge in [0.15, 0.2) is 5.82 Å². The third kappa shape index (κ3) is 4.40. The van der Waals surface area contributed by atoms with Crippen molar-refractivity contribution in [3.05, 3.63) is 52.9 Å². The summed E-state index contributed by atoms with van der Waals surface area (Å²) >= 11 is 6.05. The van der Waals surface area contributed by atoms with Crippen LogP contribution in [0.5, 0.6) is 0 Å². The van der Waals surface area contributed by atoms with Crippen LogP contribution < -0.4 is 15.5 Å². The van der Waals surface area contributed by atoms with Gasteiger partial charge < -0.3 is 15.5 Å². The van der Waals surface area contributed by atoms with Crippen LogP contribution in [0.4, 0.5) is 15.0 Å². The molecular weight excluding hydrogens is 357 g/mol. The predicted molar refractivity (Wildman–Crippen MR) is 98.8 cm³/mol. The van der Waals surface area contributed by atoms with Gasteiger partial charge in [-0.15, -0.1) is 5.10 Å². The third-order valence-electron chi connectivity index (χ3n) is 4.49. The number of rotatable bonds is 4. The van der Waals surface area contributed by atoms with E-state index in [-0.39, 0.29) is 12.1 Å². The summed E-state index contributed by atoms with van der Waals surface area (Å²) in [5.74, 6) is 0.417. The molecule has 6 nitrogen and oxygen atoms in total. The number of aromatic nitrogens is 2. The Balaban J connectivity index is 1.50. The molecule has 1 aromatic carbocycles. The lowest BCUT2D eigenvalue weighted by Crippen LogP contribution is -2.48. The van der Waals surface area contributed by atoms with Crippen LogP contribution in [0.3, 0.4) is 0 Å². The summed E-state index contributed by atoms with van der Waals surface area (Å²) in [7, 11) is 0. The summed E-state index contributed by atoms with van der Waals surface area (Å²) in [6, 6.07) is 7.48. The van der Waals surface area contributed by atoms with E-state index in [0.717, 1.165) is 31.7 Å². The SMILES string of the molecule is CC(NC(=O)NC1CCN(c2cccnn2)CC1)c1c(F)cccc1Cl. The molecule has 138 valence electrons. The van der Waals surface area contributed by atoms with Crippen molar-refractivity contribution in [2.45, 2.75) is 31.8 Å². The first kappa shape index (κ1) is 18.4. The molecule has 1 saturated heterocycles. The van der Waals surface area contributed by atoms with Crippen molar-refractivity contribution in [3.63, 3.8) is 0 Å². The number of benzene rings is 1. The van der Waals surface area contributed by atoms with Crippen molar-refractivity contribution in [1.82, 2.24) is 20.8 Å². The first-order chi connectivity index (χ1) is 12.5. The van der Waals surface area contributed by atoms with Crippen molar-refractivity contribution in [2.24, 2.45) is 0 Å². The third-order valence-corrected chi connectivity index (χ3v) is 4.82. The number of halogens is 2. The molecule has 0 spiro atoms. The number of urea groups is 1. The Morgan fingerprint density at radius 2 is 2.08 bits per heavy atom. The highest BCUT2D eigenvalue weighted by Crippen LogP contribution is 2.25. The fraction of sp³-hybridized carbons (Fsp3) is 0.389. The van der Waals surface area contributed by atoms with E-state index >= 15 is 0 Å². The molecule has 0 saturated carbocycles. The maximum absolute atomic E-state index is 13.9. The number of carbonyl (C=O) groups excluding carboxylic acids is 1. The fourth-order valence-corrected chi connectivity index (χ4v) is 3.46. The molecule has 2 amide bonds. The molecule has 3 rings (SSSR count). The molecule has 2 N–H and O–H groups in total. The van der Waals surface area contributed by atoms with E-state index in [9.17, 15) is 9.18 Å². The van der Waals surface area contributed by atoms with E-state index < -0.39 is 11.9 Å². The van der Waals surface area contributed by atoms with Crippen LogP contribution in [-0.2, 0) is 0 Å². The van der Waals surface area contributed by atoms with Crippen LogP contribution in [0.2, 0.25) is 5.02 Å². The number of piperidine rings is 1. The maximum Gasteiger partial charge on any atom is 0.315 e. The van der Waals surface area contributed by atoms with Gasteiger partial charge in [0.05, 0.1) is 6.04 Å². The van der Waals surface area contributed by atoms with Gasteiger partial charge in [-0.3, -0.25) is 0 Å². The topological polar surface area (TPSA) is 70.2 Å². The van der Waals surface area contributed by atoms with E-state index in [2.05, 4.69) is 25.7 Å². The minimum atomic E-state index is -0.525. The van der Waals surface area contributed by atoms with E-state index in [1.54, 1.807) is 25.3 Å². The monoisotopic (exact) mass is 377 g/mol. The summed E-state index contributed by atoms with van der Waals surface area (Å²) < 4.78 is 13.9. The smallest absolute Gasteiger partial charge is 0.315 e. The summed E-state index contributed by atoms with van der Waals surface area (Å²) in [6.07, 6.45) is 3.25. The fourth-order valence-electron chi connectivity index (χ4n) is 3.14. The van der Waals surface area contributed by atoms with Crippen LogP contribution in [0.1, 0.15) is 31.4 Å². The van der Waals surface area contributed by atoms with Crippen molar-refractivity contribution in [1.29, 1.82) is 0 Å². The van der Waals surface area contributed by atoms with Gasteiger partial charge in [0.2, 0.25) is 0 Å². The van der Waals surface area contributed by atoms with E-state index in [1.807, 2.05) is 12.1 Å². The standard InChI is InChI=1S/C18H21ClFN5O/c1-12(17-14(19)4-2-5-15(17)20)22-18(26)23-13-7-10-25(11-8-13)16-6-3-9-21-24-16/h2-6,9,12-13H,7-8,10-11H2,1H3,(H2,22,23,26). The normalized spacial score (nSPS) is 16.2. The highest BCUT2D eigenvalue weighted by Gasteiger charge is 2.23. The van der Waals surface area contributed by atoms with Gasteiger partial charge in [-0.05, 0) is 44.0 Å². The number of anilines is 1. The zero-order valence-corrected chi connectivity index (χ0v) is 15.2. The average molecular weight is 378 g/mol. The van der Waals surface area contributed by atoms with Crippen LogP contribution in [0.25, 0.3) is 0 Å². The van der Waals surface area contributed by atoms with Crippen LogP contribution in [0, 0.1) is 5.82 Å². The van der Waals surface area contributed by atoms with E-state index in [0.29, 0.717) is 10.6 Å². The number of hydrogen-bond acceptors (Lipinski definition) is 4. The molecule has 1 aliphatic rings. The average Bonchev–Trinajstić information content (AvgIpc) is 2.63. The maximum atomic E-state index is 13.9. The van der Waals surface area contributed by atoms with Gasteiger partial charge >= 0.3 is 6.03 Å². The molecule has 2 heterocycles. The molecule has 1 atom stereocenters. The molecule has 0 aliphatic carbocycles. The number of amides is 2. The minimum Gasteiger partial charge on any atom is -0.355 e. The molecule has 2 aromatic rings. The molecule has 8 heteroatoms. The second kappa shape index (κ2) is 8.31. The molecular formula is C18H21ClFN5O. The Kier molecular flexibility index (Phi) is 5.88. The first-order valence-electron chi connectivity index (χ1n) is 8.58. The summed E-state index contributed by atoms with van der Waals surface area (Å²) in [5, 5.41) is 14.0. The van der Waals surface area contributed by atoms with Gasteiger partial charge in [0.1, 0.15) is 5.82 Å². The summed E-state index contributed by atoms with van der Waals surface area (Å²) in [4.78, 5) is 14.4. The Bertz CT molecular complexity index is 732. The van der Waals surface area contributed by atoms with Crippen molar-refractivity contribution >= 4 is 23.4 Å². The van der Waals surface area contributed by atoms with Crippen molar-refractivity contribution in [3.8, 4) is 0 Å². The lowest BCUT2D eigenvalue weighted by molar-refractivity contribution is 0.231. The predicted octanol–water partition coefficient (Wildman–Crippen LogP) is 3.30. The van der Waals surface area contributed by atoms with Gasteiger partial charge in [0, 0.05) is 35.9 Å². The minimum absolute atomic E-state index is 0.0613. The van der Waals surface area contributed by atoms with Gasteiger partial charge in [-0.2, -0.15) is 5.10 Å². The summed E-state index contributed by atoms with van der Waals surface area (Å²) in [5.41, 5.74) is 0.293. The Hall–Kier alpha value is -2.41. The summed E-state index contributed by atoms with van der Waals surface area (Å²) in [6.45, 7) is 3.29. The quantitative estimate of drug-likeness (QED) is 0.857. The van der Waals surface area contributed by atoms with Gasteiger partial charge in [-0.25, -0.2) is 9.18 Å². The van der Waals surface area contributed by atoms with E-state index in [4.69, 9.17) is 11.6 Å². The Labute approximate surface area is 156 Å². The van der Waals surface area contributed by atoms with Crippen molar-refractivity contribution in [2.75, 3.05) is 18.0 Å². The molecule has 0 radical (unpaired) electrons. The van der Waals surface area contributed by atoms with Gasteiger partial charge in [-0.1, -0.05) is 17.7 Å². The molecule has 1 aromatic heterocycles. The number of nitrogens with one attached hydrogen (secondary N) is 2. The first-order valence-corrected chi connectivity index (χ1v) is 8.96. The lowest BCUT2D eigenvalue weighted by Gasteiger charge is -2.33. The van der Waals surface area contributed by atoms with Crippen LogP contribution in [-0.4, -0.2) is 35.4 Å². The Morgan fingerprint density at radius 1 is 1.31 bits per heavy atom. The second-order valence-corrected chi connectivity index (χ2v) is 6.73. The van der Waals surface area contributed by atoms with Gasteiger partial charge in [0.25, 0.3) is 0 Å². The van der Waals surface area contributed by atoms with Crippen molar-refractivity contribution < 1.29 is 9.18 Å². The highest BCUT2D eigenvalue weighted by molar-refractivity contribution is 6.31. The largest absolute Gasteiger partial charge is 0.355 e. The molecule has 0 bridgehead atoms. The zero-order chi connectivity index (χ0) is 18.5. The Morgan fingerprint density at radius 3 is 2.73 bits per heavy atom. The number of nitrogens with zero attached hydrogens (tertiary/aromatic N) is 3. The molecule has 1 fully saturated rings. The highest BCUT2D eigenvalue weighted by atomic mass is 35.5. The second-order valence-electron chi connectivity index (χ2n) is 6.32. The van der Waals surface area contributed by atoms with Crippen LogP contribution in [0.15, 0.2) is 36.5 Å². The molecule has 26 heavy (non-hydrogen) atoms. The number of carbonyl (C=O) groups is 1. The molecule has 1 unspecified atom stereocenters. The van der Waals surface area contributed by atoms with Crippen LogP contribution >= 0.6 is 11.6 Å². The van der Waals surface area contributed by atoms with E-state index in [1.165, 1.54) is 6.07 Å². The molecule has 1 aliphatic heterocycles. The number of hydrogen-bond donors (Lipinski definition) is 2.